The summed E-state index contributed by atoms with van der Waals surface area (Å²) in [7, 11) is 1.41. The van der Waals surface area contributed by atoms with E-state index in [1.165, 1.54) is 7.11 Å². The first kappa shape index (κ1) is 24.7. The molecule has 6 heteroatoms. The van der Waals surface area contributed by atoms with Crippen molar-refractivity contribution in [3.05, 3.63) is 108 Å². The fourth-order valence-corrected chi connectivity index (χ4v) is 4.95. The fraction of sp³-hybridized carbons (Fsp3) is 0.367. The summed E-state index contributed by atoms with van der Waals surface area (Å²) in [4.78, 5) is 12.5. The summed E-state index contributed by atoms with van der Waals surface area (Å²) in [5, 5.41) is 0. The highest BCUT2D eigenvalue weighted by molar-refractivity contribution is 5.77. The van der Waals surface area contributed by atoms with Crippen molar-refractivity contribution in [2.24, 2.45) is 11.8 Å². The SMILES string of the molecule is COC(=O)[C@@H]1[C@H]2O[C@H](COCc3ccccc3)[C@H](OCc3ccccc3)[C@H](OCc3ccccc3)[C@H]21. The van der Waals surface area contributed by atoms with Crippen molar-refractivity contribution < 1.29 is 28.5 Å². The average Bonchev–Trinajstić information content (AvgIpc) is 3.66. The lowest BCUT2D eigenvalue weighted by atomic mass is 9.99. The van der Waals surface area contributed by atoms with Gasteiger partial charge in [-0.25, -0.2) is 0 Å². The second-order valence-corrected chi connectivity index (χ2v) is 9.29. The molecule has 1 saturated carbocycles. The molecule has 5 rings (SSSR count). The van der Waals surface area contributed by atoms with Crippen molar-refractivity contribution in [2.75, 3.05) is 13.7 Å². The maximum atomic E-state index is 12.5. The smallest absolute Gasteiger partial charge is 0.311 e. The average molecular weight is 489 g/mol. The molecule has 0 amide bonds. The van der Waals surface area contributed by atoms with Crippen molar-refractivity contribution >= 4 is 5.97 Å². The lowest BCUT2D eigenvalue weighted by molar-refractivity contribution is -0.201. The van der Waals surface area contributed by atoms with E-state index in [9.17, 15) is 4.79 Å². The first-order chi connectivity index (χ1) is 17.7. The summed E-state index contributed by atoms with van der Waals surface area (Å²) >= 11 is 0. The van der Waals surface area contributed by atoms with Crippen LogP contribution in [0.3, 0.4) is 0 Å². The third-order valence-corrected chi connectivity index (χ3v) is 6.85. The predicted molar refractivity (Wildman–Crippen MR) is 134 cm³/mol. The molecule has 1 heterocycles. The molecule has 0 bridgehead atoms. The zero-order chi connectivity index (χ0) is 24.7. The van der Waals surface area contributed by atoms with Gasteiger partial charge in [-0.3, -0.25) is 4.79 Å². The lowest BCUT2D eigenvalue weighted by Gasteiger charge is -2.37. The molecule has 3 aromatic rings. The number of esters is 1. The van der Waals surface area contributed by atoms with Crippen LogP contribution in [0.1, 0.15) is 16.7 Å². The van der Waals surface area contributed by atoms with Gasteiger partial charge < -0.3 is 23.7 Å². The van der Waals surface area contributed by atoms with Gasteiger partial charge in [0.15, 0.2) is 0 Å². The number of carbonyl (C=O) groups is 1. The van der Waals surface area contributed by atoms with E-state index in [-0.39, 0.29) is 36.1 Å². The molecule has 0 spiro atoms. The van der Waals surface area contributed by atoms with E-state index in [0.717, 1.165) is 16.7 Å². The Morgan fingerprint density at radius 2 is 1.22 bits per heavy atom. The first-order valence-corrected chi connectivity index (χ1v) is 12.4. The molecular formula is C30H32O6. The van der Waals surface area contributed by atoms with Crippen molar-refractivity contribution in [3.8, 4) is 0 Å². The summed E-state index contributed by atoms with van der Waals surface area (Å²) in [6.45, 7) is 1.63. The molecule has 1 aliphatic heterocycles. The molecule has 6 atom stereocenters. The predicted octanol–water partition coefficient (Wildman–Crippen LogP) is 4.56. The van der Waals surface area contributed by atoms with Crippen LogP contribution in [-0.2, 0) is 48.3 Å². The van der Waals surface area contributed by atoms with E-state index in [1.807, 2.05) is 91.0 Å². The van der Waals surface area contributed by atoms with Crippen LogP contribution in [0.4, 0.5) is 0 Å². The Bertz CT molecular complexity index is 1090. The second kappa shape index (κ2) is 11.8. The Kier molecular flexibility index (Phi) is 8.08. The minimum absolute atomic E-state index is 0.118. The summed E-state index contributed by atoms with van der Waals surface area (Å²) in [5.74, 6) is -0.754. The molecule has 6 nitrogen and oxygen atoms in total. The third-order valence-electron chi connectivity index (χ3n) is 6.85. The quantitative estimate of drug-likeness (QED) is 0.369. The van der Waals surface area contributed by atoms with Gasteiger partial charge in [-0.1, -0.05) is 91.0 Å². The highest BCUT2D eigenvalue weighted by Gasteiger charge is 2.67. The monoisotopic (exact) mass is 488 g/mol. The summed E-state index contributed by atoms with van der Waals surface area (Å²) in [6, 6.07) is 30.1. The Hall–Kier alpha value is -3.03. The van der Waals surface area contributed by atoms with E-state index in [2.05, 4.69) is 0 Å². The number of hydrogen-bond acceptors (Lipinski definition) is 6. The number of rotatable bonds is 11. The number of carbonyl (C=O) groups excluding carboxylic acids is 1. The Morgan fingerprint density at radius 3 is 1.75 bits per heavy atom. The fourth-order valence-electron chi connectivity index (χ4n) is 4.95. The highest BCUT2D eigenvalue weighted by Crippen LogP contribution is 2.52. The molecule has 0 aromatic heterocycles. The number of methoxy groups -OCH3 is 1. The highest BCUT2D eigenvalue weighted by atomic mass is 16.6. The van der Waals surface area contributed by atoms with Gasteiger partial charge in [0.1, 0.15) is 12.2 Å². The second-order valence-electron chi connectivity index (χ2n) is 9.29. The molecule has 1 aliphatic carbocycles. The standard InChI is InChI=1S/C30H32O6/c1-32-30(31)26-25-28(26)36-24(20-33-17-21-11-5-2-6-12-21)27(34-18-22-13-7-3-8-14-22)29(25)35-19-23-15-9-4-10-16-23/h2-16,24-29H,17-20H2,1H3/t24-,25+,26+,27+,28+,29-/m1/s1. The summed E-state index contributed by atoms with van der Waals surface area (Å²) < 4.78 is 30.5. The number of fused-ring (bicyclic) bond motifs is 1. The minimum Gasteiger partial charge on any atom is -0.469 e. The van der Waals surface area contributed by atoms with Crippen LogP contribution < -0.4 is 0 Å². The van der Waals surface area contributed by atoms with E-state index in [0.29, 0.717) is 26.4 Å². The topological polar surface area (TPSA) is 63.2 Å². The Balaban J connectivity index is 1.34. The van der Waals surface area contributed by atoms with Crippen LogP contribution in [0.25, 0.3) is 0 Å². The van der Waals surface area contributed by atoms with Crippen LogP contribution >= 0.6 is 0 Å². The van der Waals surface area contributed by atoms with Crippen molar-refractivity contribution in [1.82, 2.24) is 0 Å². The van der Waals surface area contributed by atoms with Crippen molar-refractivity contribution in [1.29, 1.82) is 0 Å². The van der Waals surface area contributed by atoms with Gasteiger partial charge >= 0.3 is 5.97 Å². The molecular weight excluding hydrogens is 456 g/mol. The third kappa shape index (κ3) is 5.85. The lowest BCUT2D eigenvalue weighted by Crippen LogP contribution is -2.50. The van der Waals surface area contributed by atoms with Crippen molar-refractivity contribution in [3.63, 3.8) is 0 Å². The Labute approximate surface area is 212 Å². The number of hydrogen-bond donors (Lipinski definition) is 0. The zero-order valence-corrected chi connectivity index (χ0v) is 20.4. The largest absolute Gasteiger partial charge is 0.469 e. The van der Waals surface area contributed by atoms with Crippen LogP contribution in [0, 0.1) is 11.8 Å². The normalized spacial score (nSPS) is 26.7. The maximum absolute atomic E-state index is 12.5. The van der Waals surface area contributed by atoms with Gasteiger partial charge in [-0.2, -0.15) is 0 Å². The molecule has 188 valence electrons. The summed E-state index contributed by atoms with van der Waals surface area (Å²) in [5.41, 5.74) is 3.21. The molecule has 0 N–H and O–H groups in total. The maximum Gasteiger partial charge on any atom is 0.311 e. The molecule has 2 fully saturated rings. The molecule has 2 aliphatic rings. The zero-order valence-electron chi connectivity index (χ0n) is 20.4. The van der Waals surface area contributed by atoms with Crippen LogP contribution in [-0.4, -0.2) is 44.1 Å². The van der Waals surface area contributed by atoms with Gasteiger partial charge in [0, 0.05) is 5.92 Å². The van der Waals surface area contributed by atoms with Gasteiger partial charge in [-0.15, -0.1) is 0 Å². The van der Waals surface area contributed by atoms with Crippen LogP contribution in [0.2, 0.25) is 0 Å². The van der Waals surface area contributed by atoms with E-state index in [1.54, 1.807) is 0 Å². The summed E-state index contributed by atoms with van der Waals surface area (Å²) in [6.07, 6.45) is -1.38. The van der Waals surface area contributed by atoms with Gasteiger partial charge in [0.05, 0.1) is 51.7 Å². The van der Waals surface area contributed by atoms with Crippen molar-refractivity contribution in [2.45, 2.75) is 44.2 Å². The van der Waals surface area contributed by atoms with E-state index < -0.39 is 6.10 Å². The van der Waals surface area contributed by atoms with Gasteiger partial charge in [0.25, 0.3) is 0 Å². The molecule has 0 radical (unpaired) electrons. The van der Waals surface area contributed by atoms with E-state index in [4.69, 9.17) is 23.7 Å². The number of ether oxygens (including phenoxy) is 5. The minimum atomic E-state index is -0.402. The molecule has 36 heavy (non-hydrogen) atoms. The van der Waals surface area contributed by atoms with Crippen LogP contribution in [0.15, 0.2) is 91.0 Å². The Morgan fingerprint density at radius 1 is 0.722 bits per heavy atom. The molecule has 0 unspecified atom stereocenters. The number of benzene rings is 3. The van der Waals surface area contributed by atoms with Gasteiger partial charge in [-0.05, 0) is 16.7 Å². The van der Waals surface area contributed by atoms with Gasteiger partial charge in [0.2, 0.25) is 0 Å². The van der Waals surface area contributed by atoms with Crippen LogP contribution in [0.5, 0.6) is 0 Å². The van der Waals surface area contributed by atoms with E-state index >= 15 is 0 Å². The molecule has 3 aromatic carbocycles. The first-order valence-electron chi connectivity index (χ1n) is 12.4. The molecule has 1 saturated heterocycles.